The van der Waals surface area contributed by atoms with Crippen LogP contribution in [0.1, 0.15) is 16.7 Å². The number of nitrogens with zero attached hydrogens (tertiary/aromatic N) is 1. The molecule has 0 bridgehead atoms. The molecule has 0 aromatic heterocycles. The fraction of sp³-hybridized carbons (Fsp3) is 0.278. The highest BCUT2D eigenvalue weighted by Gasteiger charge is 2.12. The van der Waals surface area contributed by atoms with Crippen molar-refractivity contribution in [3.63, 3.8) is 0 Å². The van der Waals surface area contributed by atoms with Crippen LogP contribution < -0.4 is 9.93 Å². The van der Waals surface area contributed by atoms with Gasteiger partial charge in [0.05, 0.1) is 0 Å². The molecule has 0 spiro atoms. The van der Waals surface area contributed by atoms with Gasteiger partial charge in [-0.3, -0.25) is 0 Å². The second-order valence-electron chi connectivity index (χ2n) is 5.81. The predicted octanol–water partition coefficient (Wildman–Crippen LogP) is 3.96. The molecule has 20 heavy (non-hydrogen) atoms. The summed E-state index contributed by atoms with van der Waals surface area (Å²) < 4.78 is 3.55. The summed E-state index contributed by atoms with van der Waals surface area (Å²) in [4.78, 5) is 1.37. The minimum atomic E-state index is 1.27. The van der Waals surface area contributed by atoms with Crippen LogP contribution in [0.25, 0.3) is 20.5 Å². The van der Waals surface area contributed by atoms with Crippen molar-refractivity contribution in [3.8, 4) is 10.4 Å². The zero-order valence-corrected chi connectivity index (χ0v) is 13.6. The molecule has 1 aliphatic heterocycles. The highest BCUT2D eigenvalue weighted by molar-refractivity contribution is 7.21. The fourth-order valence-corrected chi connectivity index (χ4v) is 4.07. The lowest BCUT2D eigenvalue weighted by Gasteiger charge is -2.12. The Morgan fingerprint density at radius 1 is 0.850 bits per heavy atom. The van der Waals surface area contributed by atoms with Gasteiger partial charge in [0.2, 0.25) is 5.36 Å². The second-order valence-corrected chi connectivity index (χ2v) is 6.89. The number of benzene rings is 2. The average Bonchev–Trinajstić information content (AvgIpc) is 2.36. The molecule has 0 radical (unpaired) electrons. The third kappa shape index (κ3) is 2.14. The standard InChI is InChI=1S/C18H20NS/c1-11-6-12(2)15-10-16-13(3)8-14(19(4)5)9-18(16)20-17(15)7-11/h6-10H,1-5H3/q+1. The molecule has 3 rings (SSSR count). The Hall–Kier alpha value is -1.67. The first-order chi connectivity index (χ1) is 9.45. The zero-order valence-electron chi connectivity index (χ0n) is 12.7. The van der Waals surface area contributed by atoms with Crippen molar-refractivity contribution in [1.82, 2.24) is 4.58 Å². The Kier molecular flexibility index (Phi) is 3.14. The monoisotopic (exact) mass is 282 g/mol. The third-order valence-corrected chi connectivity index (χ3v) is 4.97. The van der Waals surface area contributed by atoms with Crippen molar-refractivity contribution in [3.05, 3.63) is 52.4 Å². The first kappa shape index (κ1) is 13.3. The van der Waals surface area contributed by atoms with Gasteiger partial charge in [-0.05, 0) is 60.5 Å². The second kappa shape index (κ2) is 4.71. The maximum atomic E-state index is 2.35. The summed E-state index contributed by atoms with van der Waals surface area (Å²) in [5.74, 6) is 0. The van der Waals surface area contributed by atoms with Gasteiger partial charge in [0.1, 0.15) is 14.1 Å². The Morgan fingerprint density at radius 2 is 1.60 bits per heavy atom. The number of fused-ring (bicyclic) bond motifs is 2. The third-order valence-electron chi connectivity index (χ3n) is 3.85. The fourth-order valence-electron chi connectivity index (χ4n) is 2.75. The van der Waals surface area contributed by atoms with E-state index in [-0.39, 0.29) is 0 Å². The van der Waals surface area contributed by atoms with Crippen LogP contribution >= 0.6 is 11.3 Å². The van der Waals surface area contributed by atoms with E-state index >= 15 is 0 Å². The molecule has 0 saturated heterocycles. The number of aryl methyl sites for hydroxylation is 3. The maximum absolute atomic E-state index is 2.35. The van der Waals surface area contributed by atoms with Crippen LogP contribution in [0.5, 0.6) is 0 Å². The van der Waals surface area contributed by atoms with Crippen LogP contribution in [0.3, 0.4) is 0 Å². The molecule has 102 valence electrons. The molecule has 0 fully saturated rings. The summed E-state index contributed by atoms with van der Waals surface area (Å²) in [5, 5.41) is 2.66. The predicted molar refractivity (Wildman–Crippen MR) is 89.8 cm³/mol. The zero-order chi connectivity index (χ0) is 14.4. The molecular formula is C18H20NS+. The topological polar surface area (TPSA) is 3.01 Å². The highest BCUT2D eigenvalue weighted by atomic mass is 32.1. The van der Waals surface area contributed by atoms with Crippen molar-refractivity contribution in [2.45, 2.75) is 20.8 Å². The lowest BCUT2D eigenvalue weighted by atomic mass is 10.0. The molecule has 0 N–H and O–H groups in total. The molecule has 1 aromatic carbocycles. The number of rotatable bonds is 0. The normalized spacial score (nSPS) is 11.2. The van der Waals surface area contributed by atoms with E-state index in [4.69, 9.17) is 0 Å². The molecule has 0 amide bonds. The molecule has 1 nitrogen and oxygen atoms in total. The minimum Gasteiger partial charge on any atom is -0.235 e. The first-order valence-electron chi connectivity index (χ1n) is 6.91. The van der Waals surface area contributed by atoms with Gasteiger partial charge in [-0.1, -0.05) is 6.07 Å². The van der Waals surface area contributed by atoms with Crippen molar-refractivity contribution in [2.75, 3.05) is 14.1 Å². The molecule has 1 aliphatic carbocycles. The summed E-state index contributed by atoms with van der Waals surface area (Å²) in [5.41, 5.74) is 5.43. The summed E-state index contributed by atoms with van der Waals surface area (Å²) in [7, 11) is 4.20. The quantitative estimate of drug-likeness (QED) is 0.434. The van der Waals surface area contributed by atoms with E-state index in [9.17, 15) is 0 Å². The van der Waals surface area contributed by atoms with Crippen LogP contribution in [0, 0.1) is 20.8 Å². The average molecular weight is 282 g/mol. The minimum absolute atomic E-state index is 1.27. The summed E-state index contributed by atoms with van der Waals surface area (Å²) >= 11 is 1.90. The largest absolute Gasteiger partial charge is 0.235 e. The smallest absolute Gasteiger partial charge is 0.201 e. The van der Waals surface area contributed by atoms with Gasteiger partial charge >= 0.3 is 0 Å². The molecule has 0 saturated carbocycles. The molecule has 2 heteroatoms. The van der Waals surface area contributed by atoms with Crippen LogP contribution in [0.2, 0.25) is 0 Å². The van der Waals surface area contributed by atoms with E-state index in [0.717, 1.165) is 0 Å². The lowest BCUT2D eigenvalue weighted by Crippen LogP contribution is -2.21. The van der Waals surface area contributed by atoms with Gasteiger partial charge in [0.25, 0.3) is 0 Å². The first-order valence-corrected chi connectivity index (χ1v) is 7.73. The van der Waals surface area contributed by atoms with Crippen molar-refractivity contribution < 1.29 is 0 Å². The summed E-state index contributed by atoms with van der Waals surface area (Å²) in [6, 6.07) is 11.5. The number of hydrogen-bond donors (Lipinski definition) is 0. The van der Waals surface area contributed by atoms with Gasteiger partial charge in [-0.15, -0.1) is 11.3 Å². The van der Waals surface area contributed by atoms with E-state index in [1.54, 1.807) is 0 Å². The molecule has 1 aromatic rings. The Balaban J connectivity index is 2.49. The van der Waals surface area contributed by atoms with E-state index in [2.05, 4.69) is 69.8 Å². The van der Waals surface area contributed by atoms with Crippen LogP contribution in [0.15, 0.2) is 30.3 Å². The van der Waals surface area contributed by atoms with Crippen molar-refractivity contribution in [2.24, 2.45) is 0 Å². The van der Waals surface area contributed by atoms with Crippen molar-refractivity contribution in [1.29, 1.82) is 0 Å². The molecular weight excluding hydrogens is 262 g/mol. The molecule has 1 heterocycles. The van der Waals surface area contributed by atoms with Gasteiger partial charge in [-0.25, -0.2) is 4.58 Å². The van der Waals surface area contributed by atoms with Crippen LogP contribution in [-0.4, -0.2) is 14.1 Å². The summed E-state index contributed by atoms with van der Waals surface area (Å²) in [6.07, 6.45) is 0. The molecule has 0 unspecified atom stereocenters. The van der Waals surface area contributed by atoms with Crippen LogP contribution in [0.4, 0.5) is 0 Å². The molecule has 2 aliphatic rings. The Morgan fingerprint density at radius 3 is 2.30 bits per heavy atom. The lowest BCUT2D eigenvalue weighted by molar-refractivity contribution is 0.813. The summed E-state index contributed by atoms with van der Waals surface area (Å²) in [6.45, 7) is 6.58. The van der Waals surface area contributed by atoms with E-state index in [1.165, 1.54) is 42.6 Å². The van der Waals surface area contributed by atoms with Crippen LogP contribution in [-0.2, 0) is 0 Å². The molecule has 0 atom stereocenters. The maximum Gasteiger partial charge on any atom is 0.201 e. The Labute approximate surface area is 124 Å². The van der Waals surface area contributed by atoms with Gasteiger partial charge in [0.15, 0.2) is 0 Å². The van der Waals surface area contributed by atoms with E-state index in [0.29, 0.717) is 0 Å². The van der Waals surface area contributed by atoms with E-state index < -0.39 is 0 Å². The highest BCUT2D eigenvalue weighted by Crippen LogP contribution is 2.36. The van der Waals surface area contributed by atoms with Gasteiger partial charge in [-0.2, -0.15) is 0 Å². The van der Waals surface area contributed by atoms with Gasteiger partial charge < -0.3 is 0 Å². The SMILES string of the molecule is Cc1cc(C)c2cc3c(C)cc(=[N+](C)C)cc-3sc2c1. The number of hydrogen-bond acceptors (Lipinski definition) is 1. The Bertz CT molecular complexity index is 851. The van der Waals surface area contributed by atoms with E-state index in [1.807, 2.05) is 11.3 Å². The van der Waals surface area contributed by atoms with Gasteiger partial charge in [0, 0.05) is 21.7 Å². The van der Waals surface area contributed by atoms with Crippen molar-refractivity contribution >= 4 is 21.4 Å².